The number of aliphatic hydroxyl groups excluding tert-OH is 1. The summed E-state index contributed by atoms with van der Waals surface area (Å²) < 4.78 is 0.899. The number of hydrogen-bond acceptors (Lipinski definition) is 2. The van der Waals surface area contributed by atoms with Crippen LogP contribution in [0.4, 0.5) is 5.69 Å². The third-order valence-electron chi connectivity index (χ3n) is 2.72. The van der Waals surface area contributed by atoms with E-state index >= 15 is 0 Å². The molecule has 0 amide bonds. The smallest absolute Gasteiger partial charge is 0.0759 e. The van der Waals surface area contributed by atoms with Crippen molar-refractivity contribution in [3.05, 3.63) is 62.5 Å². The third-order valence-corrected chi connectivity index (χ3v) is 3.87. The Labute approximate surface area is 130 Å². The molecule has 2 rings (SSSR count). The Morgan fingerprint density at radius 1 is 1.11 bits per heavy atom. The Kier molecular flexibility index (Phi) is 5.11. The van der Waals surface area contributed by atoms with Gasteiger partial charge in [0.2, 0.25) is 0 Å². The van der Waals surface area contributed by atoms with E-state index in [-0.39, 0.29) is 12.6 Å². The van der Waals surface area contributed by atoms with Crippen molar-refractivity contribution in [2.45, 2.75) is 6.04 Å². The van der Waals surface area contributed by atoms with Gasteiger partial charge in [0.1, 0.15) is 0 Å². The summed E-state index contributed by atoms with van der Waals surface area (Å²) in [5, 5.41) is 13.9. The number of anilines is 1. The first-order valence-electron chi connectivity index (χ1n) is 5.68. The summed E-state index contributed by atoms with van der Waals surface area (Å²) in [6.45, 7) is -0.0768. The fraction of sp³-hybridized carbons (Fsp3) is 0.143. The minimum atomic E-state index is -0.305. The highest BCUT2D eigenvalue weighted by Crippen LogP contribution is 2.30. The summed E-state index contributed by atoms with van der Waals surface area (Å²) in [6, 6.07) is 12.6. The quantitative estimate of drug-likeness (QED) is 0.812. The molecular formula is C14H12BrCl2NO. The molecule has 0 saturated carbocycles. The van der Waals surface area contributed by atoms with Crippen LogP contribution in [0.15, 0.2) is 46.9 Å². The van der Waals surface area contributed by atoms with Gasteiger partial charge in [-0.2, -0.15) is 0 Å². The van der Waals surface area contributed by atoms with Crippen molar-refractivity contribution < 1.29 is 5.11 Å². The zero-order chi connectivity index (χ0) is 13.8. The van der Waals surface area contributed by atoms with Crippen LogP contribution in [-0.2, 0) is 0 Å². The zero-order valence-electron chi connectivity index (χ0n) is 9.91. The molecule has 0 aromatic heterocycles. The van der Waals surface area contributed by atoms with Gasteiger partial charge >= 0.3 is 0 Å². The van der Waals surface area contributed by atoms with E-state index in [1.165, 1.54) is 0 Å². The summed E-state index contributed by atoms with van der Waals surface area (Å²) in [5.74, 6) is 0. The predicted octanol–water partition coefficient (Wildman–Crippen LogP) is 4.90. The zero-order valence-corrected chi connectivity index (χ0v) is 13.0. The Balaban J connectivity index is 2.28. The molecule has 1 unspecified atom stereocenters. The monoisotopic (exact) mass is 359 g/mol. The van der Waals surface area contributed by atoms with E-state index in [2.05, 4.69) is 21.2 Å². The van der Waals surface area contributed by atoms with Crippen LogP contribution in [0.25, 0.3) is 0 Å². The van der Waals surface area contributed by atoms with Crippen LogP contribution >= 0.6 is 39.1 Å². The molecule has 0 heterocycles. The van der Waals surface area contributed by atoms with Crippen LogP contribution in [0, 0.1) is 0 Å². The van der Waals surface area contributed by atoms with E-state index in [0.717, 1.165) is 15.7 Å². The van der Waals surface area contributed by atoms with Crippen molar-refractivity contribution in [1.29, 1.82) is 0 Å². The molecule has 0 aliphatic rings. The van der Waals surface area contributed by atoms with E-state index in [1.807, 2.05) is 30.3 Å². The van der Waals surface area contributed by atoms with Crippen LogP contribution < -0.4 is 5.32 Å². The van der Waals surface area contributed by atoms with Crippen LogP contribution in [0.1, 0.15) is 11.6 Å². The molecule has 0 spiro atoms. The standard InChI is InChI=1S/C14H12BrCl2NO/c15-9-5-6-10(12(17)7-9)14(8-19)18-13-4-2-1-3-11(13)16/h1-7,14,18-19H,8H2. The van der Waals surface area contributed by atoms with E-state index in [9.17, 15) is 5.11 Å². The van der Waals surface area contributed by atoms with Crippen LogP contribution in [0.3, 0.4) is 0 Å². The molecule has 2 aromatic carbocycles. The van der Waals surface area contributed by atoms with Crippen LogP contribution in [0.2, 0.25) is 10.0 Å². The summed E-state index contributed by atoms with van der Waals surface area (Å²) in [4.78, 5) is 0. The Bertz CT molecular complexity index is 577. The van der Waals surface area contributed by atoms with Gasteiger partial charge in [-0.25, -0.2) is 0 Å². The van der Waals surface area contributed by atoms with Crippen LogP contribution in [-0.4, -0.2) is 11.7 Å². The Hall–Kier alpha value is -0.740. The maximum atomic E-state index is 9.55. The summed E-state index contributed by atoms with van der Waals surface area (Å²) in [5.41, 5.74) is 1.59. The van der Waals surface area contributed by atoms with Crippen molar-refractivity contribution in [3.8, 4) is 0 Å². The number of hydrogen-bond donors (Lipinski definition) is 2. The molecule has 1 atom stereocenters. The highest BCUT2D eigenvalue weighted by molar-refractivity contribution is 9.10. The van der Waals surface area contributed by atoms with Gasteiger partial charge in [0.15, 0.2) is 0 Å². The lowest BCUT2D eigenvalue weighted by Crippen LogP contribution is -2.15. The largest absolute Gasteiger partial charge is 0.394 e. The fourth-order valence-electron chi connectivity index (χ4n) is 1.77. The first-order chi connectivity index (χ1) is 9.11. The predicted molar refractivity (Wildman–Crippen MR) is 84.1 cm³/mol. The summed E-state index contributed by atoms with van der Waals surface area (Å²) in [6.07, 6.45) is 0. The summed E-state index contributed by atoms with van der Waals surface area (Å²) >= 11 is 15.6. The third kappa shape index (κ3) is 3.63. The minimum Gasteiger partial charge on any atom is -0.394 e. The molecule has 2 aromatic rings. The minimum absolute atomic E-state index is 0.0768. The number of rotatable bonds is 4. The number of aliphatic hydroxyl groups is 1. The second-order valence-electron chi connectivity index (χ2n) is 4.03. The highest BCUT2D eigenvalue weighted by Gasteiger charge is 2.15. The van der Waals surface area contributed by atoms with Crippen LogP contribution in [0.5, 0.6) is 0 Å². The van der Waals surface area contributed by atoms with Gasteiger partial charge in [-0.3, -0.25) is 0 Å². The number of para-hydroxylation sites is 1. The highest BCUT2D eigenvalue weighted by atomic mass is 79.9. The van der Waals surface area contributed by atoms with Gasteiger partial charge in [-0.15, -0.1) is 0 Å². The average molecular weight is 361 g/mol. The molecule has 0 bridgehead atoms. The van der Waals surface area contributed by atoms with E-state index in [1.54, 1.807) is 12.1 Å². The van der Waals surface area contributed by atoms with E-state index in [0.29, 0.717) is 10.0 Å². The van der Waals surface area contributed by atoms with Crippen molar-refractivity contribution >= 4 is 44.8 Å². The average Bonchev–Trinajstić information content (AvgIpc) is 2.39. The topological polar surface area (TPSA) is 32.3 Å². The molecule has 100 valence electrons. The molecule has 0 fully saturated rings. The van der Waals surface area contributed by atoms with E-state index < -0.39 is 0 Å². The number of benzene rings is 2. The molecule has 5 heteroatoms. The maximum absolute atomic E-state index is 9.55. The molecule has 0 aliphatic heterocycles. The number of nitrogens with one attached hydrogen (secondary N) is 1. The SMILES string of the molecule is OCC(Nc1ccccc1Cl)c1ccc(Br)cc1Cl. The normalized spacial score (nSPS) is 12.2. The van der Waals surface area contributed by atoms with Crippen molar-refractivity contribution in [2.75, 3.05) is 11.9 Å². The molecule has 2 nitrogen and oxygen atoms in total. The maximum Gasteiger partial charge on any atom is 0.0759 e. The van der Waals surface area contributed by atoms with Crippen molar-refractivity contribution in [1.82, 2.24) is 0 Å². The first-order valence-corrected chi connectivity index (χ1v) is 7.23. The van der Waals surface area contributed by atoms with Gasteiger partial charge in [0.05, 0.1) is 23.4 Å². The second-order valence-corrected chi connectivity index (χ2v) is 5.76. The van der Waals surface area contributed by atoms with Crippen molar-refractivity contribution in [2.24, 2.45) is 0 Å². The van der Waals surface area contributed by atoms with Gasteiger partial charge in [-0.1, -0.05) is 57.3 Å². The number of halogens is 3. The fourth-order valence-corrected chi connectivity index (χ4v) is 2.77. The molecule has 2 N–H and O–H groups in total. The lowest BCUT2D eigenvalue weighted by atomic mass is 10.1. The first kappa shape index (κ1) is 14.7. The lowest BCUT2D eigenvalue weighted by Gasteiger charge is -2.20. The Morgan fingerprint density at radius 2 is 1.84 bits per heavy atom. The van der Waals surface area contributed by atoms with E-state index in [4.69, 9.17) is 23.2 Å². The van der Waals surface area contributed by atoms with Crippen molar-refractivity contribution in [3.63, 3.8) is 0 Å². The molecular weight excluding hydrogens is 349 g/mol. The van der Waals surface area contributed by atoms with Gasteiger partial charge in [-0.05, 0) is 29.8 Å². The Morgan fingerprint density at radius 3 is 2.47 bits per heavy atom. The molecule has 0 saturated heterocycles. The molecule has 19 heavy (non-hydrogen) atoms. The van der Waals surface area contributed by atoms with Gasteiger partial charge < -0.3 is 10.4 Å². The summed E-state index contributed by atoms with van der Waals surface area (Å²) in [7, 11) is 0. The molecule has 0 aliphatic carbocycles. The lowest BCUT2D eigenvalue weighted by molar-refractivity contribution is 0.276. The molecule has 0 radical (unpaired) electrons. The van der Waals surface area contributed by atoms with Gasteiger partial charge in [0.25, 0.3) is 0 Å². The van der Waals surface area contributed by atoms with Gasteiger partial charge in [0, 0.05) is 9.50 Å². The second kappa shape index (κ2) is 6.62.